The van der Waals surface area contributed by atoms with Gasteiger partial charge in [-0.05, 0) is 18.4 Å². The molecule has 3 rings (SSSR count). The molecule has 2 N–H and O–H groups in total. The van der Waals surface area contributed by atoms with Crippen LogP contribution in [0, 0.1) is 11.3 Å². The molecule has 0 unspecified atom stereocenters. The average molecular weight is 309 g/mol. The number of aromatic amines is 1. The highest BCUT2D eigenvalue weighted by Crippen LogP contribution is 2.28. The fourth-order valence-corrected chi connectivity index (χ4v) is 2.24. The Kier molecular flexibility index (Phi) is 3.98. The van der Waals surface area contributed by atoms with E-state index in [0.29, 0.717) is 22.4 Å². The van der Waals surface area contributed by atoms with Gasteiger partial charge in [0.2, 0.25) is 0 Å². The maximum absolute atomic E-state index is 9.21. The number of para-hydroxylation sites is 1. The summed E-state index contributed by atoms with van der Waals surface area (Å²) in [7, 11) is 0. The molecule has 0 bridgehead atoms. The van der Waals surface area contributed by atoms with E-state index in [1.54, 1.807) is 0 Å². The lowest BCUT2D eigenvalue weighted by Gasteiger charge is -2.11. The smallest absolute Gasteiger partial charge is 0.189 e. The van der Waals surface area contributed by atoms with E-state index in [2.05, 4.69) is 36.5 Å². The van der Waals surface area contributed by atoms with Crippen LogP contribution in [-0.4, -0.2) is 31.4 Å². The molecule has 0 saturated carbocycles. The first-order valence-electron chi connectivity index (χ1n) is 6.34. The summed E-state index contributed by atoms with van der Waals surface area (Å²) in [5.41, 5.74) is 2.00. The summed E-state index contributed by atoms with van der Waals surface area (Å²) in [6.07, 6.45) is 4.84. The minimum absolute atomic E-state index is 0.380. The van der Waals surface area contributed by atoms with Gasteiger partial charge in [-0.25, -0.2) is 15.0 Å². The third kappa shape index (κ3) is 2.75. The van der Waals surface area contributed by atoms with Crippen molar-refractivity contribution in [2.24, 2.45) is 0 Å². The highest BCUT2D eigenvalue weighted by Gasteiger charge is 2.11. The third-order valence-electron chi connectivity index (χ3n) is 2.92. The lowest BCUT2D eigenvalue weighted by molar-refractivity contribution is 0.969. The SMILES string of the molecule is CSc1ncc(C#N)c(Nc2ccccc2-c2ncn[nH]2)n1. The van der Waals surface area contributed by atoms with E-state index in [1.165, 1.54) is 24.3 Å². The Labute approximate surface area is 130 Å². The Morgan fingerprint density at radius 3 is 2.86 bits per heavy atom. The number of thioether (sulfide) groups is 1. The van der Waals surface area contributed by atoms with Crippen molar-refractivity contribution in [2.75, 3.05) is 11.6 Å². The Bertz CT molecular complexity index is 823. The maximum atomic E-state index is 9.21. The number of hydrogen-bond donors (Lipinski definition) is 2. The van der Waals surface area contributed by atoms with Crippen LogP contribution < -0.4 is 5.32 Å². The van der Waals surface area contributed by atoms with Crippen molar-refractivity contribution in [3.63, 3.8) is 0 Å². The molecule has 3 aromatic rings. The van der Waals surface area contributed by atoms with Crippen molar-refractivity contribution in [1.82, 2.24) is 25.1 Å². The van der Waals surface area contributed by atoms with Crippen molar-refractivity contribution in [1.29, 1.82) is 5.26 Å². The molecule has 108 valence electrons. The Morgan fingerprint density at radius 2 is 2.14 bits per heavy atom. The summed E-state index contributed by atoms with van der Waals surface area (Å²) in [4.78, 5) is 12.6. The molecule has 0 aliphatic heterocycles. The number of aromatic nitrogens is 5. The van der Waals surface area contributed by atoms with Crippen LogP contribution in [0.2, 0.25) is 0 Å². The number of nitrogens with one attached hydrogen (secondary N) is 2. The molecule has 0 spiro atoms. The number of benzene rings is 1. The minimum atomic E-state index is 0.380. The van der Waals surface area contributed by atoms with E-state index in [1.807, 2.05) is 30.5 Å². The molecule has 0 atom stereocenters. The van der Waals surface area contributed by atoms with Crippen molar-refractivity contribution in [2.45, 2.75) is 5.16 Å². The molecule has 0 saturated heterocycles. The van der Waals surface area contributed by atoms with Crippen LogP contribution in [0.1, 0.15) is 5.56 Å². The van der Waals surface area contributed by atoms with Crippen LogP contribution in [0.3, 0.4) is 0 Å². The lowest BCUT2D eigenvalue weighted by atomic mass is 10.1. The van der Waals surface area contributed by atoms with Gasteiger partial charge in [0.15, 0.2) is 16.8 Å². The van der Waals surface area contributed by atoms with Crippen molar-refractivity contribution in [3.8, 4) is 17.5 Å². The van der Waals surface area contributed by atoms with Gasteiger partial charge in [-0.15, -0.1) is 0 Å². The second-order valence-electron chi connectivity index (χ2n) is 4.24. The predicted molar refractivity (Wildman–Crippen MR) is 83.6 cm³/mol. The van der Waals surface area contributed by atoms with Crippen LogP contribution >= 0.6 is 11.8 Å². The summed E-state index contributed by atoms with van der Waals surface area (Å²) in [6.45, 7) is 0. The second kappa shape index (κ2) is 6.24. The standard InChI is InChI=1S/C14H11N7S/c1-22-14-16-7-9(6-15)12(20-14)19-11-5-3-2-4-10(11)13-17-8-18-21-13/h2-5,7-8H,1H3,(H,16,19,20)(H,17,18,21). The van der Waals surface area contributed by atoms with Crippen LogP contribution in [0.25, 0.3) is 11.4 Å². The quantitative estimate of drug-likeness (QED) is 0.564. The number of H-pyrrole nitrogens is 1. The zero-order valence-electron chi connectivity index (χ0n) is 11.6. The first-order valence-corrected chi connectivity index (χ1v) is 7.57. The zero-order chi connectivity index (χ0) is 15.4. The Balaban J connectivity index is 2.03. The maximum Gasteiger partial charge on any atom is 0.189 e. The molecular formula is C14H11N7S. The Morgan fingerprint density at radius 1 is 1.27 bits per heavy atom. The summed E-state index contributed by atoms with van der Waals surface area (Å²) in [5.74, 6) is 1.11. The second-order valence-corrected chi connectivity index (χ2v) is 5.01. The average Bonchev–Trinajstić information content (AvgIpc) is 3.09. The molecule has 0 radical (unpaired) electrons. The zero-order valence-corrected chi connectivity index (χ0v) is 12.4. The molecule has 22 heavy (non-hydrogen) atoms. The molecule has 0 aliphatic carbocycles. The molecule has 0 fully saturated rings. The van der Waals surface area contributed by atoms with Gasteiger partial charge < -0.3 is 5.32 Å². The van der Waals surface area contributed by atoms with Gasteiger partial charge in [0.1, 0.15) is 18.0 Å². The summed E-state index contributed by atoms with van der Waals surface area (Å²) in [6, 6.07) is 9.68. The summed E-state index contributed by atoms with van der Waals surface area (Å²) < 4.78 is 0. The molecule has 1 aromatic carbocycles. The topological polar surface area (TPSA) is 103 Å². The molecule has 0 aliphatic rings. The first-order chi connectivity index (χ1) is 10.8. The molecule has 2 aromatic heterocycles. The minimum Gasteiger partial charge on any atom is -0.338 e. The van der Waals surface area contributed by atoms with E-state index < -0.39 is 0 Å². The fraction of sp³-hybridized carbons (Fsp3) is 0.0714. The van der Waals surface area contributed by atoms with Crippen molar-refractivity contribution in [3.05, 3.63) is 42.4 Å². The van der Waals surface area contributed by atoms with Crippen LogP contribution in [-0.2, 0) is 0 Å². The van der Waals surface area contributed by atoms with Gasteiger partial charge in [-0.1, -0.05) is 23.9 Å². The van der Waals surface area contributed by atoms with Gasteiger partial charge in [0, 0.05) is 5.56 Å². The fourth-order valence-electron chi connectivity index (χ4n) is 1.90. The van der Waals surface area contributed by atoms with Gasteiger partial charge in [-0.3, -0.25) is 5.10 Å². The van der Waals surface area contributed by atoms with Gasteiger partial charge in [-0.2, -0.15) is 10.4 Å². The van der Waals surface area contributed by atoms with E-state index in [-0.39, 0.29) is 0 Å². The molecular weight excluding hydrogens is 298 g/mol. The number of anilines is 2. The van der Waals surface area contributed by atoms with Gasteiger partial charge >= 0.3 is 0 Å². The highest BCUT2D eigenvalue weighted by atomic mass is 32.2. The number of nitriles is 1. The molecule has 7 nitrogen and oxygen atoms in total. The van der Waals surface area contributed by atoms with Gasteiger partial charge in [0.25, 0.3) is 0 Å². The molecule has 2 heterocycles. The number of rotatable bonds is 4. The van der Waals surface area contributed by atoms with Crippen LogP contribution in [0.4, 0.5) is 11.5 Å². The third-order valence-corrected chi connectivity index (χ3v) is 3.48. The van der Waals surface area contributed by atoms with Crippen LogP contribution in [0.15, 0.2) is 41.9 Å². The largest absolute Gasteiger partial charge is 0.338 e. The van der Waals surface area contributed by atoms with E-state index >= 15 is 0 Å². The van der Waals surface area contributed by atoms with E-state index in [4.69, 9.17) is 0 Å². The van der Waals surface area contributed by atoms with Crippen LogP contribution in [0.5, 0.6) is 0 Å². The first kappa shape index (κ1) is 14.0. The van der Waals surface area contributed by atoms with E-state index in [0.717, 1.165) is 11.3 Å². The highest BCUT2D eigenvalue weighted by molar-refractivity contribution is 7.98. The predicted octanol–water partition coefficient (Wildman–Crippen LogP) is 2.60. The molecule has 0 amide bonds. The lowest BCUT2D eigenvalue weighted by Crippen LogP contribution is -2.01. The van der Waals surface area contributed by atoms with Crippen molar-refractivity contribution < 1.29 is 0 Å². The Hall–Kier alpha value is -2.92. The van der Waals surface area contributed by atoms with E-state index in [9.17, 15) is 5.26 Å². The monoisotopic (exact) mass is 309 g/mol. The molecule has 8 heteroatoms. The normalized spacial score (nSPS) is 10.2. The summed E-state index contributed by atoms with van der Waals surface area (Å²) >= 11 is 1.41. The number of hydrogen-bond acceptors (Lipinski definition) is 7. The summed E-state index contributed by atoms with van der Waals surface area (Å²) in [5, 5.41) is 19.7. The van der Waals surface area contributed by atoms with Crippen molar-refractivity contribution >= 4 is 23.3 Å². The number of nitrogens with zero attached hydrogens (tertiary/aromatic N) is 5. The van der Waals surface area contributed by atoms with Gasteiger partial charge in [0.05, 0.1) is 11.9 Å².